The van der Waals surface area contributed by atoms with Crippen LogP contribution in [0.15, 0.2) is 6.07 Å². The van der Waals surface area contributed by atoms with Crippen LogP contribution in [0, 0.1) is 13.8 Å². The fraction of sp³-hybridized carbons (Fsp3) is 0.700. The molecule has 0 saturated carbocycles. The minimum Gasteiger partial charge on any atom is -0.209 e. The van der Waals surface area contributed by atoms with E-state index in [1.54, 1.807) is 19.9 Å². The molecule has 0 amide bonds. The van der Waals surface area contributed by atoms with Gasteiger partial charge in [-0.2, -0.15) is 13.9 Å². The summed E-state index contributed by atoms with van der Waals surface area (Å²) >= 11 is 0. The quantitative estimate of drug-likeness (QED) is 0.680. The van der Waals surface area contributed by atoms with Gasteiger partial charge in [-0.1, -0.05) is 27.7 Å². The molecule has 0 bridgehead atoms. The second-order valence-electron chi connectivity index (χ2n) is 2.15. The summed E-state index contributed by atoms with van der Waals surface area (Å²) in [6.07, 6.45) is 0. The third-order valence-corrected chi connectivity index (χ3v) is 1.23. The van der Waals surface area contributed by atoms with Crippen molar-refractivity contribution in [1.29, 1.82) is 0 Å². The molecule has 0 atom stereocenters. The predicted octanol–water partition coefficient (Wildman–Crippen LogP) is 3.95. The van der Waals surface area contributed by atoms with Crippen molar-refractivity contribution < 1.29 is 8.78 Å². The van der Waals surface area contributed by atoms with Gasteiger partial charge in [0.25, 0.3) is 0 Å². The molecular weight excluding hydrogens is 186 g/mol. The number of aromatic nitrogens is 2. The number of rotatable bonds is 1. The first-order chi connectivity index (χ1) is 6.61. The van der Waals surface area contributed by atoms with E-state index in [4.69, 9.17) is 0 Å². The van der Waals surface area contributed by atoms with Gasteiger partial charge in [0.15, 0.2) is 0 Å². The maximum atomic E-state index is 11.9. The topological polar surface area (TPSA) is 17.8 Å². The smallest absolute Gasteiger partial charge is 0.209 e. The summed E-state index contributed by atoms with van der Waals surface area (Å²) in [7, 11) is 0. The fourth-order valence-corrected chi connectivity index (χ4v) is 0.844. The van der Waals surface area contributed by atoms with Crippen LogP contribution in [0.5, 0.6) is 0 Å². The molecule has 2 nitrogen and oxygen atoms in total. The summed E-state index contributed by atoms with van der Waals surface area (Å²) in [6.45, 7) is 8.77. The highest BCUT2D eigenvalue weighted by Gasteiger charge is 2.09. The predicted molar refractivity (Wildman–Crippen MR) is 55.7 cm³/mol. The Balaban J connectivity index is 0. The number of hydrogen-bond acceptors (Lipinski definition) is 1. The van der Waals surface area contributed by atoms with Gasteiger partial charge >= 0.3 is 6.55 Å². The molecule has 0 aromatic carbocycles. The van der Waals surface area contributed by atoms with Crippen molar-refractivity contribution in [2.75, 3.05) is 0 Å². The highest BCUT2D eigenvalue weighted by atomic mass is 19.3. The lowest BCUT2D eigenvalue weighted by Crippen LogP contribution is -2.01. The third-order valence-electron chi connectivity index (χ3n) is 1.23. The van der Waals surface area contributed by atoms with Crippen LogP contribution >= 0.6 is 0 Å². The Morgan fingerprint density at radius 1 is 1.14 bits per heavy atom. The van der Waals surface area contributed by atoms with Crippen molar-refractivity contribution in [3.05, 3.63) is 17.5 Å². The first kappa shape index (κ1) is 15.5. The molecule has 84 valence electrons. The minimum atomic E-state index is -2.52. The SMILES string of the molecule is CC.CC.Cc1cc(C)n(C(F)F)n1. The summed E-state index contributed by atoms with van der Waals surface area (Å²) in [4.78, 5) is 0. The molecular formula is C10H20F2N2. The number of aryl methyl sites for hydroxylation is 2. The summed E-state index contributed by atoms with van der Waals surface area (Å²) in [5.41, 5.74) is 1.12. The molecule has 0 aliphatic rings. The van der Waals surface area contributed by atoms with Crippen LogP contribution < -0.4 is 0 Å². The molecule has 0 unspecified atom stereocenters. The molecule has 0 radical (unpaired) electrons. The summed E-state index contributed by atoms with van der Waals surface area (Å²) < 4.78 is 24.6. The molecule has 1 aromatic rings. The zero-order valence-corrected chi connectivity index (χ0v) is 9.81. The van der Waals surface area contributed by atoms with Gasteiger partial charge in [-0.25, -0.2) is 4.68 Å². The van der Waals surface area contributed by atoms with Crippen LogP contribution in [0.3, 0.4) is 0 Å². The van der Waals surface area contributed by atoms with E-state index in [2.05, 4.69) is 5.10 Å². The Hall–Kier alpha value is -0.930. The van der Waals surface area contributed by atoms with Crippen LogP contribution in [0.25, 0.3) is 0 Å². The van der Waals surface area contributed by atoms with Gasteiger partial charge in [0.1, 0.15) is 0 Å². The lowest BCUT2D eigenvalue weighted by atomic mass is 10.4. The van der Waals surface area contributed by atoms with Crippen LogP contribution in [0.4, 0.5) is 8.78 Å². The number of hydrogen-bond donors (Lipinski definition) is 0. The molecule has 1 aromatic heterocycles. The van der Waals surface area contributed by atoms with E-state index in [1.807, 2.05) is 27.7 Å². The van der Waals surface area contributed by atoms with E-state index in [1.165, 1.54) is 0 Å². The van der Waals surface area contributed by atoms with Gasteiger partial charge in [0, 0.05) is 5.69 Å². The van der Waals surface area contributed by atoms with Gasteiger partial charge in [-0.05, 0) is 19.9 Å². The Morgan fingerprint density at radius 2 is 1.57 bits per heavy atom. The maximum Gasteiger partial charge on any atom is 0.333 e. The maximum absolute atomic E-state index is 11.9. The van der Waals surface area contributed by atoms with E-state index in [0.29, 0.717) is 16.1 Å². The number of halogens is 2. The largest absolute Gasteiger partial charge is 0.333 e. The van der Waals surface area contributed by atoms with Gasteiger partial charge < -0.3 is 0 Å². The van der Waals surface area contributed by atoms with Gasteiger partial charge in [0.05, 0.1) is 5.69 Å². The van der Waals surface area contributed by atoms with Crippen LogP contribution in [0.1, 0.15) is 45.6 Å². The second-order valence-corrected chi connectivity index (χ2v) is 2.15. The van der Waals surface area contributed by atoms with Crippen molar-refractivity contribution in [3.8, 4) is 0 Å². The summed E-state index contributed by atoms with van der Waals surface area (Å²) in [5.74, 6) is 0. The molecule has 0 saturated heterocycles. The molecule has 0 spiro atoms. The normalized spacial score (nSPS) is 8.64. The molecule has 14 heavy (non-hydrogen) atoms. The average Bonchev–Trinajstić information content (AvgIpc) is 2.52. The molecule has 0 fully saturated rings. The Morgan fingerprint density at radius 3 is 1.71 bits per heavy atom. The van der Waals surface area contributed by atoms with E-state index in [-0.39, 0.29) is 0 Å². The zero-order chi connectivity index (χ0) is 11.7. The molecule has 1 rings (SSSR count). The van der Waals surface area contributed by atoms with Gasteiger partial charge in [-0.15, -0.1) is 0 Å². The number of nitrogens with zero attached hydrogens (tertiary/aromatic N) is 2. The van der Waals surface area contributed by atoms with Crippen molar-refractivity contribution in [2.24, 2.45) is 0 Å². The van der Waals surface area contributed by atoms with Crippen LogP contribution in [-0.4, -0.2) is 9.78 Å². The summed E-state index contributed by atoms with van der Waals surface area (Å²) in [5, 5.41) is 3.58. The third kappa shape index (κ3) is 4.94. The molecule has 0 aliphatic heterocycles. The number of alkyl halides is 2. The van der Waals surface area contributed by atoms with Crippen LogP contribution in [0.2, 0.25) is 0 Å². The average molecular weight is 206 g/mol. The minimum absolute atomic E-state index is 0.493. The molecule has 4 heteroatoms. The van der Waals surface area contributed by atoms with Crippen LogP contribution in [-0.2, 0) is 0 Å². The second kappa shape index (κ2) is 8.66. The highest BCUT2D eigenvalue weighted by Crippen LogP contribution is 2.12. The lowest BCUT2D eigenvalue weighted by molar-refractivity contribution is 0.0541. The van der Waals surface area contributed by atoms with E-state index >= 15 is 0 Å². The first-order valence-corrected chi connectivity index (χ1v) is 4.92. The zero-order valence-electron chi connectivity index (χ0n) is 9.81. The molecule has 1 heterocycles. The van der Waals surface area contributed by atoms with Gasteiger partial charge in [-0.3, -0.25) is 0 Å². The Kier molecular flexibility index (Phi) is 9.61. The Labute approximate surface area is 84.9 Å². The lowest BCUT2D eigenvalue weighted by Gasteiger charge is -1.99. The van der Waals surface area contributed by atoms with Crippen molar-refractivity contribution >= 4 is 0 Å². The van der Waals surface area contributed by atoms with E-state index in [0.717, 1.165) is 0 Å². The van der Waals surface area contributed by atoms with E-state index < -0.39 is 6.55 Å². The van der Waals surface area contributed by atoms with Crippen molar-refractivity contribution in [1.82, 2.24) is 9.78 Å². The fourth-order valence-electron chi connectivity index (χ4n) is 0.844. The van der Waals surface area contributed by atoms with Crippen molar-refractivity contribution in [3.63, 3.8) is 0 Å². The van der Waals surface area contributed by atoms with E-state index in [9.17, 15) is 8.78 Å². The first-order valence-electron chi connectivity index (χ1n) is 4.92. The monoisotopic (exact) mass is 206 g/mol. The van der Waals surface area contributed by atoms with Crippen molar-refractivity contribution in [2.45, 2.75) is 48.1 Å². The summed E-state index contributed by atoms with van der Waals surface area (Å²) in [6, 6.07) is 1.62. The molecule has 0 N–H and O–H groups in total. The highest BCUT2D eigenvalue weighted by molar-refractivity contribution is 5.06. The molecule has 0 aliphatic carbocycles. The van der Waals surface area contributed by atoms with Gasteiger partial charge in [0.2, 0.25) is 0 Å². The standard InChI is InChI=1S/C6H8F2N2.2C2H6/c1-4-3-5(2)10(9-4)6(7)8;2*1-2/h3,6H,1-2H3;2*1-2H3. The Bertz CT molecular complexity index is 232.